The van der Waals surface area contributed by atoms with Gasteiger partial charge in [0.15, 0.2) is 18.9 Å². The molecular formula is C21H21Cl2N5O6S. The zero-order valence-electron chi connectivity index (χ0n) is 18.4. The first-order valence-corrected chi connectivity index (χ1v) is 12.1. The molecule has 11 nitrogen and oxygen atoms in total. The first-order valence-electron chi connectivity index (χ1n) is 10.0. The van der Waals surface area contributed by atoms with Crippen LogP contribution in [-0.2, 0) is 16.9 Å². The minimum Gasteiger partial charge on any atom is -0.726 e. The number of nitrogens with zero attached hydrogens (tertiary/aromatic N) is 5. The highest BCUT2D eigenvalue weighted by molar-refractivity contribution is 7.79. The molecule has 35 heavy (non-hydrogen) atoms. The van der Waals surface area contributed by atoms with Gasteiger partial charge in [-0.15, -0.1) is 5.11 Å². The average molecular weight is 542 g/mol. The molecule has 0 bridgehead atoms. The van der Waals surface area contributed by atoms with Crippen molar-refractivity contribution in [1.29, 1.82) is 0 Å². The molecule has 0 fully saturated rings. The van der Waals surface area contributed by atoms with Gasteiger partial charge in [-0.3, -0.25) is 14.7 Å². The lowest BCUT2D eigenvalue weighted by atomic mass is 10.2. The summed E-state index contributed by atoms with van der Waals surface area (Å²) in [6.45, 7) is 4.75. The Labute approximate surface area is 212 Å². The number of likely N-dealkylation sites (N-methyl/N-ethyl adjacent to an activating group) is 1. The quantitative estimate of drug-likeness (QED) is 0.103. The standard InChI is InChI=1S/C21H20Cl2N5O2.H2O4S/c1-2-27(13-12-26-10-4-3-5-11-26)17-8-6-16(7-9-17)24-25-21-19(22)14-18(28(29)30)15-20(21)23;1-5(2,3)4/h3-11,14-15H,2,12-13H2,1H3;(H2,1,2,3,4)/q+1;/p-1. The number of pyridine rings is 1. The van der Waals surface area contributed by atoms with Crippen LogP contribution in [0.25, 0.3) is 0 Å². The van der Waals surface area contributed by atoms with Crippen LogP contribution in [0, 0.1) is 10.1 Å². The predicted molar refractivity (Wildman–Crippen MR) is 131 cm³/mol. The van der Waals surface area contributed by atoms with Crippen LogP contribution in [0.1, 0.15) is 6.92 Å². The van der Waals surface area contributed by atoms with E-state index in [1.54, 1.807) is 0 Å². The van der Waals surface area contributed by atoms with Crippen LogP contribution >= 0.6 is 23.2 Å². The van der Waals surface area contributed by atoms with E-state index < -0.39 is 15.3 Å². The number of azo groups is 1. The SMILES string of the molecule is CCN(CC[n+]1ccccc1)c1ccc(N=Nc2c(Cl)cc([N+](=O)[O-])cc2Cl)cc1.O=S(=O)([O-])O. The maximum atomic E-state index is 10.9. The van der Waals surface area contributed by atoms with Crippen molar-refractivity contribution in [2.24, 2.45) is 10.2 Å². The smallest absolute Gasteiger partial charge is 0.272 e. The van der Waals surface area contributed by atoms with E-state index in [9.17, 15) is 10.1 Å². The molecule has 14 heteroatoms. The number of nitro benzene ring substituents is 1. The number of aromatic nitrogens is 1. The van der Waals surface area contributed by atoms with Crippen LogP contribution < -0.4 is 9.47 Å². The number of halogens is 2. The first-order chi connectivity index (χ1) is 16.5. The summed E-state index contributed by atoms with van der Waals surface area (Å²) in [7, 11) is -4.92. The van der Waals surface area contributed by atoms with Crippen molar-refractivity contribution in [3.05, 3.63) is 87.2 Å². The molecule has 0 spiro atoms. The van der Waals surface area contributed by atoms with E-state index in [0.29, 0.717) is 5.69 Å². The maximum Gasteiger partial charge on any atom is 0.272 e. The fraction of sp³-hybridized carbons (Fsp3) is 0.190. The largest absolute Gasteiger partial charge is 0.726 e. The third-order valence-electron chi connectivity index (χ3n) is 4.48. The summed E-state index contributed by atoms with van der Waals surface area (Å²) >= 11 is 12.1. The molecule has 0 unspecified atom stereocenters. The normalized spacial score (nSPS) is 11.1. The Morgan fingerprint density at radius 2 is 1.60 bits per heavy atom. The molecule has 1 N–H and O–H groups in total. The molecule has 1 heterocycles. The van der Waals surface area contributed by atoms with Gasteiger partial charge in [0.1, 0.15) is 5.69 Å². The second kappa shape index (κ2) is 13.1. The van der Waals surface area contributed by atoms with E-state index in [4.69, 9.17) is 40.7 Å². The number of nitro groups is 1. The van der Waals surface area contributed by atoms with Gasteiger partial charge >= 0.3 is 0 Å². The Balaban J connectivity index is 0.000000784. The van der Waals surface area contributed by atoms with Crippen molar-refractivity contribution < 1.29 is 27.0 Å². The van der Waals surface area contributed by atoms with Crippen molar-refractivity contribution >= 4 is 56.4 Å². The second-order valence-electron chi connectivity index (χ2n) is 6.85. The minimum atomic E-state index is -4.92. The van der Waals surface area contributed by atoms with Crippen molar-refractivity contribution in [2.45, 2.75) is 13.5 Å². The van der Waals surface area contributed by atoms with Crippen LogP contribution in [0.15, 0.2) is 77.2 Å². The van der Waals surface area contributed by atoms with Gasteiger partial charge in [0.2, 0.25) is 10.4 Å². The lowest BCUT2D eigenvalue weighted by Crippen LogP contribution is -2.40. The Morgan fingerprint density at radius 3 is 2.09 bits per heavy atom. The summed E-state index contributed by atoms with van der Waals surface area (Å²) in [6.07, 6.45) is 4.09. The molecule has 3 rings (SSSR count). The summed E-state index contributed by atoms with van der Waals surface area (Å²) in [5.74, 6) is 0. The zero-order valence-corrected chi connectivity index (χ0v) is 20.7. The molecule has 0 aliphatic rings. The third kappa shape index (κ3) is 9.92. The number of anilines is 1. The highest BCUT2D eigenvalue weighted by atomic mass is 35.5. The number of benzene rings is 2. The van der Waals surface area contributed by atoms with Gasteiger partial charge in [0.05, 0.1) is 27.2 Å². The van der Waals surface area contributed by atoms with Crippen molar-refractivity contribution in [3.8, 4) is 0 Å². The van der Waals surface area contributed by atoms with Crippen LogP contribution in [0.4, 0.5) is 22.7 Å². The first kappa shape index (κ1) is 28.1. The van der Waals surface area contributed by atoms with Crippen LogP contribution in [0.2, 0.25) is 10.0 Å². The van der Waals surface area contributed by atoms with Gasteiger partial charge < -0.3 is 9.45 Å². The number of rotatable bonds is 8. The summed E-state index contributed by atoms with van der Waals surface area (Å²) in [5, 5.41) is 19.2. The number of non-ortho nitro benzene ring substituents is 1. The fourth-order valence-electron chi connectivity index (χ4n) is 2.88. The summed E-state index contributed by atoms with van der Waals surface area (Å²) < 4.78 is 35.0. The Morgan fingerprint density at radius 1 is 1.06 bits per heavy atom. The Hall–Kier alpha value is -3.16. The fourth-order valence-corrected chi connectivity index (χ4v) is 3.43. The van der Waals surface area contributed by atoms with E-state index in [2.05, 4.69) is 26.6 Å². The summed E-state index contributed by atoms with van der Waals surface area (Å²) in [4.78, 5) is 12.6. The van der Waals surface area contributed by atoms with Gasteiger partial charge in [-0.1, -0.05) is 29.3 Å². The average Bonchev–Trinajstić information content (AvgIpc) is 2.79. The van der Waals surface area contributed by atoms with E-state index in [1.807, 2.05) is 54.9 Å². The molecule has 2 aromatic carbocycles. The lowest BCUT2D eigenvalue weighted by Gasteiger charge is -2.21. The Bertz CT molecular complexity index is 1240. The minimum absolute atomic E-state index is 0.0742. The van der Waals surface area contributed by atoms with Gasteiger partial charge in [-0.25, -0.2) is 13.0 Å². The molecule has 0 saturated heterocycles. The third-order valence-corrected chi connectivity index (χ3v) is 5.06. The van der Waals surface area contributed by atoms with Crippen LogP contribution in [0.3, 0.4) is 0 Å². The van der Waals surface area contributed by atoms with Crippen LogP contribution in [0.5, 0.6) is 0 Å². The van der Waals surface area contributed by atoms with E-state index in [0.717, 1.165) is 25.3 Å². The molecule has 1 aromatic heterocycles. The molecule has 3 aromatic rings. The van der Waals surface area contributed by atoms with E-state index >= 15 is 0 Å². The molecule has 0 saturated carbocycles. The van der Waals surface area contributed by atoms with Crippen LogP contribution in [-0.4, -0.2) is 35.5 Å². The predicted octanol–water partition coefficient (Wildman–Crippen LogP) is 5.14. The lowest BCUT2D eigenvalue weighted by molar-refractivity contribution is -0.694. The zero-order chi connectivity index (χ0) is 26.0. The monoisotopic (exact) mass is 541 g/mol. The molecule has 0 aliphatic carbocycles. The molecular weight excluding hydrogens is 521 g/mol. The molecule has 186 valence electrons. The molecule has 0 atom stereocenters. The highest BCUT2D eigenvalue weighted by Crippen LogP contribution is 2.37. The van der Waals surface area contributed by atoms with E-state index in [-0.39, 0.29) is 21.4 Å². The maximum absolute atomic E-state index is 10.9. The number of hydrogen-bond acceptors (Lipinski definition) is 8. The van der Waals surface area contributed by atoms with Crippen molar-refractivity contribution in [1.82, 2.24) is 0 Å². The molecule has 0 amide bonds. The summed E-state index contributed by atoms with van der Waals surface area (Å²) in [5.41, 5.74) is 1.71. The molecule has 0 radical (unpaired) electrons. The Kier molecular flexibility index (Phi) is 10.5. The van der Waals surface area contributed by atoms with Gasteiger partial charge in [-0.2, -0.15) is 5.11 Å². The summed E-state index contributed by atoms with van der Waals surface area (Å²) in [6, 6.07) is 16.1. The van der Waals surface area contributed by atoms with Crippen molar-refractivity contribution in [3.63, 3.8) is 0 Å². The van der Waals surface area contributed by atoms with Gasteiger partial charge in [0, 0.05) is 36.5 Å². The van der Waals surface area contributed by atoms with E-state index in [1.165, 1.54) is 12.1 Å². The highest BCUT2D eigenvalue weighted by Gasteiger charge is 2.14. The van der Waals surface area contributed by atoms with Gasteiger partial charge in [0.25, 0.3) is 5.69 Å². The number of hydrogen-bond donors (Lipinski definition) is 1. The second-order valence-corrected chi connectivity index (χ2v) is 8.52. The van der Waals surface area contributed by atoms with Crippen molar-refractivity contribution in [2.75, 3.05) is 18.0 Å². The topological polar surface area (TPSA) is 152 Å². The molecule has 0 aliphatic heterocycles. The van der Waals surface area contributed by atoms with Gasteiger partial charge in [-0.05, 0) is 31.2 Å².